The van der Waals surface area contributed by atoms with Crippen LogP contribution < -0.4 is 5.43 Å². The molecule has 1 heterocycles. The molecule has 0 aliphatic heterocycles. The average Bonchev–Trinajstić information content (AvgIpc) is 2.34. The summed E-state index contributed by atoms with van der Waals surface area (Å²) in [5.41, 5.74) is 3.97. The number of aryl methyl sites for hydroxylation is 1. The first-order chi connectivity index (χ1) is 8.59. The van der Waals surface area contributed by atoms with Gasteiger partial charge in [-0.3, -0.25) is 10.4 Å². The number of pyridine rings is 1. The molecule has 0 bridgehead atoms. The lowest BCUT2D eigenvalue weighted by Gasteiger charge is -2.05. The second-order valence-corrected chi connectivity index (χ2v) is 4.50. The number of fused-ring (bicyclic) bond motifs is 1. The van der Waals surface area contributed by atoms with Crippen molar-refractivity contribution in [3.63, 3.8) is 0 Å². The molecule has 0 spiro atoms. The summed E-state index contributed by atoms with van der Waals surface area (Å²) in [6.07, 6.45) is 3.22. The van der Waals surface area contributed by atoms with Crippen molar-refractivity contribution in [2.24, 2.45) is 5.10 Å². The van der Waals surface area contributed by atoms with Gasteiger partial charge in [0.1, 0.15) is 5.82 Å². The molecule has 1 aromatic carbocycles. The Morgan fingerprint density at radius 2 is 2.17 bits per heavy atom. The van der Waals surface area contributed by atoms with Gasteiger partial charge in [0.15, 0.2) is 0 Å². The highest BCUT2D eigenvalue weighted by Gasteiger charge is 2.06. The van der Waals surface area contributed by atoms with E-state index >= 15 is 0 Å². The Morgan fingerprint density at radius 3 is 2.89 bits per heavy atom. The van der Waals surface area contributed by atoms with Gasteiger partial charge in [-0.1, -0.05) is 12.2 Å². The van der Waals surface area contributed by atoms with Gasteiger partial charge in [-0.05, 0) is 43.0 Å². The van der Waals surface area contributed by atoms with Gasteiger partial charge in [0.25, 0.3) is 0 Å². The fourth-order valence-corrected chi connectivity index (χ4v) is 1.74. The van der Waals surface area contributed by atoms with Crippen LogP contribution in [0.1, 0.15) is 18.2 Å². The molecule has 3 nitrogen and oxygen atoms in total. The number of halogens is 1. The summed E-state index contributed by atoms with van der Waals surface area (Å²) in [7, 11) is 0. The summed E-state index contributed by atoms with van der Waals surface area (Å²) in [6, 6.07) is 4.94. The van der Waals surface area contributed by atoms with E-state index in [-0.39, 0.29) is 5.82 Å². The lowest BCUT2D eigenvalue weighted by atomic mass is 10.0. The summed E-state index contributed by atoms with van der Waals surface area (Å²) >= 11 is 4.85. The maximum atomic E-state index is 13.5. The number of aromatic nitrogens is 1. The van der Waals surface area contributed by atoms with E-state index in [9.17, 15) is 4.39 Å². The van der Waals surface area contributed by atoms with Gasteiger partial charge >= 0.3 is 0 Å². The Morgan fingerprint density at radius 1 is 1.39 bits per heavy atom. The maximum Gasteiger partial charge on any atom is 0.126 e. The summed E-state index contributed by atoms with van der Waals surface area (Å²) in [4.78, 5) is 4.80. The van der Waals surface area contributed by atoms with Crippen LogP contribution in [-0.4, -0.2) is 16.2 Å². The predicted octanol–water partition coefficient (Wildman–Crippen LogP) is 2.95. The highest BCUT2D eigenvalue weighted by molar-refractivity contribution is 7.80. The van der Waals surface area contributed by atoms with Gasteiger partial charge in [-0.15, -0.1) is 0 Å². The molecule has 92 valence electrons. The van der Waals surface area contributed by atoms with E-state index in [1.807, 2.05) is 0 Å². The van der Waals surface area contributed by atoms with Gasteiger partial charge in [-0.25, -0.2) is 4.39 Å². The van der Waals surface area contributed by atoms with Crippen molar-refractivity contribution in [1.29, 1.82) is 0 Å². The van der Waals surface area contributed by atoms with Crippen molar-refractivity contribution in [1.82, 2.24) is 10.4 Å². The summed E-state index contributed by atoms with van der Waals surface area (Å²) in [5.74, 6) is -0.218. The van der Waals surface area contributed by atoms with Crippen molar-refractivity contribution in [2.75, 3.05) is 0 Å². The first-order valence-electron chi connectivity index (χ1n) is 5.43. The van der Waals surface area contributed by atoms with E-state index < -0.39 is 0 Å². The molecule has 5 heteroatoms. The Kier molecular flexibility index (Phi) is 3.62. The standard InChI is InChI=1S/C13H12FN3S/c1-8-10-5-6-15-13(7-16-17-9(2)18)11(10)3-4-12(8)14/h3-7H,1-2H3,(H,17,18)/b16-7+. The number of nitrogens with zero attached hydrogens (tertiary/aromatic N) is 2. The molecule has 18 heavy (non-hydrogen) atoms. The lowest BCUT2D eigenvalue weighted by molar-refractivity contribution is 0.621. The zero-order chi connectivity index (χ0) is 13.1. The van der Waals surface area contributed by atoms with Crippen LogP contribution in [0, 0.1) is 12.7 Å². The zero-order valence-electron chi connectivity index (χ0n) is 10.1. The molecular formula is C13H12FN3S. The summed E-state index contributed by atoms with van der Waals surface area (Å²) < 4.78 is 13.5. The van der Waals surface area contributed by atoms with Crippen molar-refractivity contribution < 1.29 is 4.39 Å². The molecule has 0 radical (unpaired) electrons. The number of thiocarbonyl (C=S) groups is 1. The third-order valence-electron chi connectivity index (χ3n) is 2.59. The highest BCUT2D eigenvalue weighted by atomic mass is 32.1. The second kappa shape index (κ2) is 5.18. The zero-order valence-corrected chi connectivity index (χ0v) is 10.9. The molecule has 0 fully saturated rings. The fourth-order valence-electron chi connectivity index (χ4n) is 1.69. The molecule has 0 atom stereocenters. The van der Waals surface area contributed by atoms with Crippen LogP contribution in [0.2, 0.25) is 0 Å². The Bertz CT molecular complexity index is 637. The van der Waals surface area contributed by atoms with Crippen LogP contribution in [0.5, 0.6) is 0 Å². The minimum atomic E-state index is -0.218. The molecule has 1 aromatic heterocycles. The third-order valence-corrected chi connectivity index (χ3v) is 2.68. The Hall–Kier alpha value is -1.88. The van der Waals surface area contributed by atoms with E-state index in [1.54, 1.807) is 38.4 Å². The first-order valence-corrected chi connectivity index (χ1v) is 5.84. The molecular weight excluding hydrogens is 249 g/mol. The van der Waals surface area contributed by atoms with Gasteiger partial charge in [0.05, 0.1) is 16.9 Å². The quantitative estimate of drug-likeness (QED) is 0.513. The normalized spacial score (nSPS) is 11.1. The molecule has 0 unspecified atom stereocenters. The molecule has 2 aromatic rings. The average molecular weight is 261 g/mol. The number of benzene rings is 1. The maximum absolute atomic E-state index is 13.5. The van der Waals surface area contributed by atoms with E-state index in [1.165, 1.54) is 6.07 Å². The minimum absolute atomic E-state index is 0.218. The lowest BCUT2D eigenvalue weighted by Crippen LogP contribution is -2.10. The Labute approximate surface area is 110 Å². The first kappa shape index (κ1) is 12.6. The van der Waals surface area contributed by atoms with Crippen molar-refractivity contribution in [3.8, 4) is 0 Å². The molecule has 0 aliphatic rings. The predicted molar refractivity (Wildman–Crippen MR) is 75.4 cm³/mol. The van der Waals surface area contributed by atoms with Crippen molar-refractivity contribution in [3.05, 3.63) is 41.5 Å². The van der Waals surface area contributed by atoms with Gasteiger partial charge < -0.3 is 0 Å². The van der Waals surface area contributed by atoms with E-state index in [2.05, 4.69) is 15.5 Å². The van der Waals surface area contributed by atoms with Gasteiger partial charge in [0, 0.05) is 11.6 Å². The minimum Gasteiger partial charge on any atom is -0.272 e. The molecule has 0 saturated carbocycles. The monoisotopic (exact) mass is 261 g/mol. The van der Waals surface area contributed by atoms with Crippen LogP contribution in [0.15, 0.2) is 29.5 Å². The highest BCUT2D eigenvalue weighted by Crippen LogP contribution is 2.21. The molecule has 0 aliphatic carbocycles. The smallest absolute Gasteiger partial charge is 0.126 e. The van der Waals surface area contributed by atoms with Crippen LogP contribution in [-0.2, 0) is 0 Å². The summed E-state index contributed by atoms with van der Waals surface area (Å²) in [5, 5.41) is 5.67. The SMILES string of the molecule is CC(=S)N/N=C/c1nccc2c(C)c(F)ccc12. The number of nitrogens with one attached hydrogen (secondary N) is 1. The number of rotatable bonds is 2. The molecule has 0 amide bonds. The van der Waals surface area contributed by atoms with Crippen LogP contribution in [0.4, 0.5) is 4.39 Å². The topological polar surface area (TPSA) is 37.3 Å². The number of hydrogen-bond donors (Lipinski definition) is 1. The number of hydrogen-bond acceptors (Lipinski definition) is 3. The van der Waals surface area contributed by atoms with Gasteiger partial charge in [0.2, 0.25) is 0 Å². The molecule has 0 saturated heterocycles. The molecule has 2 rings (SSSR count). The third kappa shape index (κ3) is 2.51. The summed E-state index contributed by atoms with van der Waals surface area (Å²) in [6.45, 7) is 3.49. The second-order valence-electron chi connectivity index (χ2n) is 3.89. The van der Waals surface area contributed by atoms with Crippen molar-refractivity contribution >= 4 is 34.2 Å². The van der Waals surface area contributed by atoms with Crippen molar-refractivity contribution in [2.45, 2.75) is 13.8 Å². The van der Waals surface area contributed by atoms with E-state index in [0.717, 1.165) is 10.8 Å². The van der Waals surface area contributed by atoms with Crippen LogP contribution in [0.3, 0.4) is 0 Å². The number of hydrazone groups is 1. The fraction of sp³-hybridized carbons (Fsp3) is 0.154. The van der Waals surface area contributed by atoms with E-state index in [0.29, 0.717) is 16.2 Å². The van der Waals surface area contributed by atoms with Crippen LogP contribution >= 0.6 is 12.2 Å². The van der Waals surface area contributed by atoms with E-state index in [4.69, 9.17) is 12.2 Å². The van der Waals surface area contributed by atoms with Gasteiger partial charge in [-0.2, -0.15) is 5.10 Å². The largest absolute Gasteiger partial charge is 0.272 e. The Balaban J connectivity index is 2.49. The molecule has 1 N–H and O–H groups in total. The van der Waals surface area contributed by atoms with Crippen LogP contribution in [0.25, 0.3) is 10.8 Å².